The lowest BCUT2D eigenvalue weighted by Gasteiger charge is -2.13. The van der Waals surface area contributed by atoms with Gasteiger partial charge < -0.3 is 4.74 Å². The average Bonchev–Trinajstić information content (AvgIpc) is 2.26. The Morgan fingerprint density at radius 1 is 1.41 bits per heavy atom. The highest BCUT2D eigenvalue weighted by atomic mass is 79.9. The third-order valence-corrected chi connectivity index (χ3v) is 2.32. The van der Waals surface area contributed by atoms with Crippen molar-refractivity contribution in [2.75, 3.05) is 5.33 Å². The molecule has 1 aromatic rings. The molecule has 0 radical (unpaired) electrons. The second-order valence-corrected chi connectivity index (χ2v) is 3.51. The van der Waals surface area contributed by atoms with Crippen molar-refractivity contribution >= 4 is 28.0 Å². The van der Waals surface area contributed by atoms with E-state index < -0.39 is 17.9 Å². The lowest BCUT2D eigenvalue weighted by Crippen LogP contribution is -2.20. The number of ether oxygens (including phenoxy) is 1. The van der Waals surface area contributed by atoms with Gasteiger partial charge in [-0.25, -0.2) is 0 Å². The summed E-state index contributed by atoms with van der Waals surface area (Å²) in [6, 6.07) is 3.61. The van der Waals surface area contributed by atoms with Crippen LogP contribution in [0, 0.1) is 0 Å². The van der Waals surface area contributed by atoms with Gasteiger partial charge in [0, 0.05) is 0 Å². The number of para-hydroxylation sites is 1. The summed E-state index contributed by atoms with van der Waals surface area (Å²) in [6.07, 6.45) is -4.76. The summed E-state index contributed by atoms with van der Waals surface area (Å²) in [5.41, 5.74) is -0.613. The lowest BCUT2D eigenvalue weighted by molar-refractivity contribution is -0.274. The van der Waals surface area contributed by atoms with Crippen molar-refractivity contribution in [3.05, 3.63) is 29.3 Å². The van der Waals surface area contributed by atoms with Crippen molar-refractivity contribution in [3.8, 4) is 5.75 Å². The summed E-state index contributed by atoms with van der Waals surface area (Å²) in [5, 5.41) is -0.163. The maximum absolute atomic E-state index is 12.1. The van der Waals surface area contributed by atoms with Crippen molar-refractivity contribution in [2.24, 2.45) is 0 Å². The van der Waals surface area contributed by atoms with E-state index in [1.54, 1.807) is 0 Å². The molecule has 0 aliphatic heterocycles. The molecule has 0 saturated heterocycles. The third kappa shape index (κ3) is 3.55. The Balaban J connectivity index is 3.30. The van der Waals surface area contributed by atoms with Crippen LogP contribution in [0.25, 0.3) is 0 Å². The van der Waals surface area contributed by atoms with E-state index in [1.165, 1.54) is 6.07 Å². The molecule has 0 aliphatic rings. The van der Waals surface area contributed by atoms with E-state index in [4.69, 9.17) is 0 Å². The number of Topliss-reactive ketones (excluding diaryl/α,β-unsaturated/α-hetero) is 1. The van der Waals surface area contributed by atoms with Crippen LogP contribution in [0.15, 0.2) is 18.2 Å². The van der Waals surface area contributed by atoms with E-state index in [-0.39, 0.29) is 22.7 Å². The molecule has 0 fully saturated rings. The molecule has 0 atom stereocenters. The molecule has 0 bridgehead atoms. The van der Waals surface area contributed by atoms with Gasteiger partial charge in [-0.2, -0.15) is 0 Å². The first kappa shape index (κ1) is 13.7. The molecule has 0 aliphatic carbocycles. The molecule has 17 heavy (non-hydrogen) atoms. The van der Waals surface area contributed by atoms with Crippen LogP contribution in [0.2, 0.25) is 0 Å². The predicted molar refractivity (Wildman–Crippen MR) is 56.6 cm³/mol. The predicted octanol–water partition coefficient (Wildman–Crippen LogP) is 2.98. The number of halogens is 4. The quantitative estimate of drug-likeness (QED) is 0.488. The van der Waals surface area contributed by atoms with Gasteiger partial charge >= 0.3 is 6.36 Å². The number of rotatable bonds is 4. The SMILES string of the molecule is O=Cc1cccc(C(=O)CBr)c1OC(F)(F)F. The average molecular weight is 311 g/mol. The van der Waals surface area contributed by atoms with E-state index in [2.05, 4.69) is 20.7 Å². The van der Waals surface area contributed by atoms with Crippen molar-refractivity contribution in [1.82, 2.24) is 0 Å². The van der Waals surface area contributed by atoms with E-state index in [0.717, 1.165) is 12.1 Å². The van der Waals surface area contributed by atoms with Gasteiger partial charge in [-0.05, 0) is 12.1 Å². The lowest BCUT2D eigenvalue weighted by atomic mass is 10.1. The van der Waals surface area contributed by atoms with Gasteiger partial charge in [-0.1, -0.05) is 22.0 Å². The zero-order valence-electron chi connectivity index (χ0n) is 8.25. The zero-order chi connectivity index (χ0) is 13.1. The van der Waals surface area contributed by atoms with E-state index in [1.807, 2.05) is 0 Å². The van der Waals surface area contributed by atoms with Gasteiger partial charge in [0.25, 0.3) is 0 Å². The minimum atomic E-state index is -4.96. The van der Waals surface area contributed by atoms with Gasteiger partial charge in [-0.15, -0.1) is 13.2 Å². The first-order valence-electron chi connectivity index (χ1n) is 4.32. The maximum atomic E-state index is 12.1. The topological polar surface area (TPSA) is 43.4 Å². The van der Waals surface area contributed by atoms with Crippen molar-refractivity contribution in [2.45, 2.75) is 6.36 Å². The molecule has 0 aromatic heterocycles. The van der Waals surface area contributed by atoms with E-state index >= 15 is 0 Å². The maximum Gasteiger partial charge on any atom is 0.573 e. The van der Waals surface area contributed by atoms with Crippen LogP contribution in [0.4, 0.5) is 13.2 Å². The Bertz CT molecular complexity index is 443. The van der Waals surface area contributed by atoms with Gasteiger partial charge in [0.1, 0.15) is 0 Å². The largest absolute Gasteiger partial charge is 0.573 e. The number of alkyl halides is 4. The fraction of sp³-hybridized carbons (Fsp3) is 0.200. The second-order valence-electron chi connectivity index (χ2n) is 2.95. The molecule has 3 nitrogen and oxygen atoms in total. The van der Waals surface area contributed by atoms with E-state index in [9.17, 15) is 22.8 Å². The van der Waals surface area contributed by atoms with Crippen LogP contribution in [0.1, 0.15) is 20.7 Å². The Kier molecular flexibility index (Phi) is 4.28. The zero-order valence-corrected chi connectivity index (χ0v) is 9.84. The standard InChI is InChI=1S/C10H6BrF3O3/c11-4-8(16)7-3-1-2-6(5-15)9(7)17-10(12,13)14/h1-3,5H,4H2. The molecule has 0 saturated carbocycles. The number of carbonyl (C=O) groups excluding carboxylic acids is 2. The molecule has 0 N–H and O–H groups in total. The third-order valence-electron chi connectivity index (χ3n) is 1.81. The Morgan fingerprint density at radius 3 is 2.53 bits per heavy atom. The van der Waals surface area contributed by atoms with Gasteiger partial charge in [-0.3, -0.25) is 9.59 Å². The number of benzene rings is 1. The molecular weight excluding hydrogens is 305 g/mol. The summed E-state index contributed by atoms with van der Waals surface area (Å²) in [6.45, 7) is 0. The summed E-state index contributed by atoms with van der Waals surface area (Å²) in [4.78, 5) is 22.0. The highest BCUT2D eigenvalue weighted by Gasteiger charge is 2.34. The van der Waals surface area contributed by atoms with Gasteiger partial charge in [0.15, 0.2) is 17.8 Å². The Morgan fingerprint density at radius 2 is 2.06 bits per heavy atom. The molecule has 1 rings (SSSR count). The van der Waals surface area contributed by atoms with Gasteiger partial charge in [0.2, 0.25) is 0 Å². The van der Waals surface area contributed by atoms with Crippen LogP contribution in [0.5, 0.6) is 5.75 Å². The first-order valence-corrected chi connectivity index (χ1v) is 5.44. The normalized spacial score (nSPS) is 11.1. The highest BCUT2D eigenvalue weighted by molar-refractivity contribution is 9.09. The molecule has 7 heteroatoms. The second kappa shape index (κ2) is 5.31. The molecular formula is C10H6BrF3O3. The summed E-state index contributed by atoms with van der Waals surface area (Å²) >= 11 is 2.84. The fourth-order valence-corrected chi connectivity index (χ4v) is 1.47. The minimum Gasteiger partial charge on any atom is -0.404 e. The van der Waals surface area contributed by atoms with Crippen LogP contribution in [-0.2, 0) is 0 Å². The summed E-state index contributed by atoms with van der Waals surface area (Å²) < 4.78 is 40.1. The fourth-order valence-electron chi connectivity index (χ4n) is 1.17. The molecule has 0 heterocycles. The minimum absolute atomic E-state index is 0.163. The van der Waals surface area contributed by atoms with Crippen molar-refractivity contribution in [1.29, 1.82) is 0 Å². The van der Waals surface area contributed by atoms with Crippen molar-refractivity contribution < 1.29 is 27.5 Å². The summed E-state index contributed by atoms with van der Waals surface area (Å²) in [5.74, 6) is -1.37. The van der Waals surface area contributed by atoms with E-state index in [0.29, 0.717) is 0 Å². The van der Waals surface area contributed by atoms with Crippen LogP contribution in [-0.4, -0.2) is 23.8 Å². The number of hydrogen-bond donors (Lipinski definition) is 0. The Hall–Kier alpha value is -1.37. The van der Waals surface area contributed by atoms with Crippen LogP contribution in [0.3, 0.4) is 0 Å². The Labute approximate surface area is 103 Å². The highest BCUT2D eigenvalue weighted by Crippen LogP contribution is 2.30. The number of carbonyl (C=O) groups is 2. The number of hydrogen-bond acceptors (Lipinski definition) is 3. The first-order chi connectivity index (χ1) is 7.89. The molecule has 0 amide bonds. The smallest absolute Gasteiger partial charge is 0.404 e. The molecule has 0 unspecified atom stereocenters. The molecule has 0 spiro atoms. The molecule has 92 valence electrons. The van der Waals surface area contributed by atoms with Crippen molar-refractivity contribution in [3.63, 3.8) is 0 Å². The van der Waals surface area contributed by atoms with Crippen LogP contribution < -0.4 is 4.74 Å². The van der Waals surface area contributed by atoms with Crippen LogP contribution >= 0.6 is 15.9 Å². The van der Waals surface area contributed by atoms with Gasteiger partial charge in [0.05, 0.1) is 16.5 Å². The number of aldehydes is 1. The summed E-state index contributed by atoms with van der Waals surface area (Å²) in [7, 11) is 0. The monoisotopic (exact) mass is 310 g/mol. The molecule has 1 aromatic carbocycles. The number of ketones is 1.